The minimum Gasteiger partial charge on any atom is -0.283 e. The van der Waals surface area contributed by atoms with Crippen LogP contribution in [-0.4, -0.2) is 34.4 Å². The van der Waals surface area contributed by atoms with Crippen molar-refractivity contribution in [1.29, 1.82) is 0 Å². The predicted molar refractivity (Wildman–Crippen MR) is 91.6 cm³/mol. The van der Waals surface area contributed by atoms with Gasteiger partial charge in [-0.1, -0.05) is 18.9 Å². The molecule has 1 heterocycles. The van der Waals surface area contributed by atoms with Crippen LogP contribution in [0.3, 0.4) is 0 Å². The van der Waals surface area contributed by atoms with Gasteiger partial charge in [0.25, 0.3) is 0 Å². The van der Waals surface area contributed by atoms with Crippen LogP contribution in [0, 0.1) is 0 Å². The van der Waals surface area contributed by atoms with E-state index in [2.05, 4.69) is 4.72 Å². The topological polar surface area (TPSA) is 83.6 Å². The van der Waals surface area contributed by atoms with Crippen molar-refractivity contribution < 1.29 is 16.8 Å². The molecule has 0 radical (unpaired) electrons. The fourth-order valence-corrected chi connectivity index (χ4v) is 6.46. The Bertz CT molecular complexity index is 768. The Morgan fingerprint density at radius 2 is 1.83 bits per heavy atom. The Morgan fingerprint density at radius 3 is 2.52 bits per heavy atom. The van der Waals surface area contributed by atoms with Crippen LogP contribution in [0.2, 0.25) is 0 Å². The van der Waals surface area contributed by atoms with Crippen molar-refractivity contribution in [3.8, 4) is 0 Å². The van der Waals surface area contributed by atoms with Crippen LogP contribution in [0.4, 0.5) is 11.4 Å². The Kier molecular flexibility index (Phi) is 4.55. The van der Waals surface area contributed by atoms with E-state index in [1.165, 1.54) is 4.31 Å². The van der Waals surface area contributed by atoms with Gasteiger partial charge in [-0.3, -0.25) is 9.03 Å². The molecule has 128 valence electrons. The number of sulfonamides is 2. The van der Waals surface area contributed by atoms with Crippen molar-refractivity contribution in [2.24, 2.45) is 0 Å². The highest BCUT2D eigenvalue weighted by Gasteiger charge is 2.29. The monoisotopic (exact) mass is 358 g/mol. The standard InChI is InChI=1S/C15H22N2O4S2/c18-22(19)11-4-3-10-17(22)14-7-5-6-13(12-14)16-23(20,21)15-8-1-2-9-15/h5-7,12,15-16H,1-4,8-11H2. The van der Waals surface area contributed by atoms with Crippen LogP contribution in [0.5, 0.6) is 0 Å². The average molecular weight is 358 g/mol. The number of anilines is 2. The number of benzene rings is 1. The van der Waals surface area contributed by atoms with E-state index in [0.29, 0.717) is 37.2 Å². The van der Waals surface area contributed by atoms with Crippen LogP contribution >= 0.6 is 0 Å². The maximum absolute atomic E-state index is 12.4. The zero-order chi connectivity index (χ0) is 16.5. The number of rotatable bonds is 4. The lowest BCUT2D eigenvalue weighted by Gasteiger charge is -2.28. The Balaban J connectivity index is 1.82. The third kappa shape index (κ3) is 3.63. The van der Waals surface area contributed by atoms with Crippen LogP contribution < -0.4 is 9.03 Å². The minimum absolute atomic E-state index is 0.144. The van der Waals surface area contributed by atoms with Gasteiger partial charge in [0.1, 0.15) is 0 Å². The molecule has 3 rings (SSSR count). The summed E-state index contributed by atoms with van der Waals surface area (Å²) in [4.78, 5) is 0. The van der Waals surface area contributed by atoms with E-state index in [0.717, 1.165) is 19.3 Å². The smallest absolute Gasteiger partial charge is 0.235 e. The highest BCUT2D eigenvalue weighted by atomic mass is 32.2. The largest absolute Gasteiger partial charge is 0.283 e. The highest BCUT2D eigenvalue weighted by molar-refractivity contribution is 7.93. The summed E-state index contributed by atoms with van der Waals surface area (Å²) in [7, 11) is -6.70. The van der Waals surface area contributed by atoms with Gasteiger partial charge in [0.05, 0.1) is 22.4 Å². The van der Waals surface area contributed by atoms with Gasteiger partial charge in [-0.25, -0.2) is 16.8 Å². The fraction of sp³-hybridized carbons (Fsp3) is 0.600. The highest BCUT2D eigenvalue weighted by Crippen LogP contribution is 2.29. The number of nitrogens with zero attached hydrogens (tertiary/aromatic N) is 1. The lowest BCUT2D eigenvalue weighted by Crippen LogP contribution is -2.37. The molecule has 0 bridgehead atoms. The summed E-state index contributed by atoms with van der Waals surface area (Å²) in [5, 5.41) is -0.343. The summed E-state index contributed by atoms with van der Waals surface area (Å²) in [6, 6.07) is 6.66. The third-order valence-electron chi connectivity index (χ3n) is 4.48. The van der Waals surface area contributed by atoms with Crippen molar-refractivity contribution in [3.05, 3.63) is 24.3 Å². The molecule has 23 heavy (non-hydrogen) atoms. The van der Waals surface area contributed by atoms with Gasteiger partial charge in [-0.05, 0) is 43.9 Å². The summed E-state index contributed by atoms with van der Waals surface area (Å²) in [6.45, 7) is 0.446. The normalized spacial score (nSPS) is 22.2. The molecule has 1 saturated carbocycles. The van der Waals surface area contributed by atoms with E-state index in [1.807, 2.05) is 0 Å². The second-order valence-corrected chi connectivity index (χ2v) is 10.2. The van der Waals surface area contributed by atoms with E-state index >= 15 is 0 Å². The van der Waals surface area contributed by atoms with Gasteiger partial charge in [0.15, 0.2) is 0 Å². The molecule has 1 aliphatic heterocycles. The molecule has 1 N–H and O–H groups in total. The minimum atomic E-state index is -3.41. The van der Waals surface area contributed by atoms with Gasteiger partial charge in [-0.15, -0.1) is 0 Å². The van der Waals surface area contributed by atoms with E-state index < -0.39 is 20.0 Å². The first kappa shape index (κ1) is 16.6. The number of nitrogens with one attached hydrogen (secondary N) is 1. The molecule has 1 aliphatic carbocycles. The molecule has 8 heteroatoms. The van der Waals surface area contributed by atoms with Gasteiger partial charge >= 0.3 is 0 Å². The molecule has 0 spiro atoms. The Morgan fingerprint density at radius 1 is 1.09 bits per heavy atom. The second-order valence-electron chi connectivity index (χ2n) is 6.20. The molecule has 1 aromatic carbocycles. The molecule has 1 saturated heterocycles. The van der Waals surface area contributed by atoms with Crippen LogP contribution in [-0.2, 0) is 20.0 Å². The molecule has 1 aromatic rings. The summed E-state index contributed by atoms with van der Waals surface area (Å²) in [5.41, 5.74) is 0.950. The van der Waals surface area contributed by atoms with Gasteiger partial charge in [0, 0.05) is 6.54 Å². The molecule has 2 aliphatic rings. The van der Waals surface area contributed by atoms with Crippen LogP contribution in [0.25, 0.3) is 0 Å². The first-order chi connectivity index (χ1) is 10.9. The lowest BCUT2D eigenvalue weighted by atomic mass is 10.2. The molecule has 0 atom stereocenters. The summed E-state index contributed by atoms with van der Waals surface area (Å²) in [6.07, 6.45) is 4.75. The van der Waals surface area contributed by atoms with Gasteiger partial charge < -0.3 is 0 Å². The summed E-state index contributed by atoms with van der Waals surface area (Å²) >= 11 is 0. The molecule has 2 fully saturated rings. The van der Waals surface area contributed by atoms with Crippen LogP contribution in [0.15, 0.2) is 24.3 Å². The van der Waals surface area contributed by atoms with Crippen molar-refractivity contribution in [2.45, 2.75) is 43.8 Å². The zero-order valence-corrected chi connectivity index (χ0v) is 14.6. The van der Waals surface area contributed by atoms with Crippen molar-refractivity contribution >= 4 is 31.4 Å². The zero-order valence-electron chi connectivity index (χ0n) is 12.9. The molecule has 0 amide bonds. The van der Waals surface area contributed by atoms with Gasteiger partial charge in [-0.2, -0.15) is 0 Å². The first-order valence-electron chi connectivity index (χ1n) is 8.01. The molecule has 0 aromatic heterocycles. The quantitative estimate of drug-likeness (QED) is 0.895. The van der Waals surface area contributed by atoms with E-state index in [9.17, 15) is 16.8 Å². The van der Waals surface area contributed by atoms with E-state index in [-0.39, 0.29) is 11.0 Å². The first-order valence-corrected chi connectivity index (χ1v) is 11.2. The van der Waals surface area contributed by atoms with Crippen molar-refractivity contribution in [2.75, 3.05) is 21.3 Å². The molecule has 6 nitrogen and oxygen atoms in total. The van der Waals surface area contributed by atoms with E-state index in [4.69, 9.17) is 0 Å². The predicted octanol–water partition coefficient (Wildman–Crippen LogP) is 2.30. The molecular formula is C15H22N2O4S2. The third-order valence-corrected chi connectivity index (χ3v) is 8.22. The number of hydrogen-bond donors (Lipinski definition) is 1. The lowest BCUT2D eigenvalue weighted by molar-refractivity contribution is 0.574. The number of hydrogen-bond acceptors (Lipinski definition) is 4. The van der Waals surface area contributed by atoms with E-state index in [1.54, 1.807) is 24.3 Å². The van der Waals surface area contributed by atoms with Crippen molar-refractivity contribution in [1.82, 2.24) is 0 Å². The van der Waals surface area contributed by atoms with Crippen molar-refractivity contribution in [3.63, 3.8) is 0 Å². The molecular weight excluding hydrogens is 336 g/mol. The maximum Gasteiger partial charge on any atom is 0.235 e. The Hall–Kier alpha value is -1.28. The second kappa shape index (κ2) is 6.32. The molecule has 0 unspecified atom stereocenters. The fourth-order valence-electron chi connectivity index (χ4n) is 3.25. The average Bonchev–Trinajstić information content (AvgIpc) is 3.01. The van der Waals surface area contributed by atoms with Crippen LogP contribution in [0.1, 0.15) is 38.5 Å². The summed E-state index contributed by atoms with van der Waals surface area (Å²) < 4.78 is 53.1. The summed E-state index contributed by atoms with van der Waals surface area (Å²) in [5.74, 6) is 0.144. The SMILES string of the molecule is O=S(=O)(Nc1cccc(N2CCCCS2(=O)=O)c1)C1CCCC1. The van der Waals surface area contributed by atoms with Gasteiger partial charge in [0.2, 0.25) is 20.0 Å². The Labute approximate surface area is 138 Å². The maximum atomic E-state index is 12.4.